The third kappa shape index (κ3) is 8.74. The van der Waals surface area contributed by atoms with Gasteiger partial charge in [0.15, 0.2) is 0 Å². The normalized spacial score (nSPS) is 16.0. The number of carbonyl (C=O) groups excluding carboxylic acids is 3. The van der Waals surface area contributed by atoms with Crippen LogP contribution in [0.25, 0.3) is 0 Å². The highest BCUT2D eigenvalue weighted by molar-refractivity contribution is 5.95. The van der Waals surface area contributed by atoms with Gasteiger partial charge in [-0.05, 0) is 11.8 Å². The molecule has 0 fully saturated rings. The Labute approximate surface area is 174 Å². The van der Waals surface area contributed by atoms with Crippen molar-refractivity contribution in [3.8, 4) is 0 Å². The molecule has 0 aliphatic heterocycles. The number of nitrogens with one attached hydrogen (secondary N) is 3. The molecule has 0 aliphatic rings. The zero-order valence-electron chi connectivity index (χ0n) is 17.5. The fourth-order valence-electron chi connectivity index (χ4n) is 2.36. The lowest BCUT2D eigenvalue weighted by molar-refractivity contribution is -0.144. The van der Waals surface area contributed by atoms with Gasteiger partial charge in [-0.15, -0.1) is 0 Å². The monoisotopic (exact) mass is 432 g/mol. The van der Waals surface area contributed by atoms with Crippen LogP contribution in [-0.2, 0) is 24.0 Å². The number of carbonyl (C=O) groups is 5. The second-order valence-electron chi connectivity index (χ2n) is 7.38. The zero-order chi connectivity index (χ0) is 23.6. The van der Waals surface area contributed by atoms with E-state index in [4.69, 9.17) is 10.8 Å². The first kappa shape index (κ1) is 27.3. The summed E-state index contributed by atoms with van der Waals surface area (Å²) in [5.74, 6) is -6.15. The SMILES string of the molecule is CCC(C)C(NC(=O)C(CC(=O)O)NC(=O)C(CO)NC(=O)C(N)C(C)C)C(=O)O. The Morgan fingerprint density at radius 1 is 0.867 bits per heavy atom. The molecular weight excluding hydrogens is 400 g/mol. The standard InChI is InChI=1S/C18H32N4O8/c1-5-9(4)14(18(29)30)22-15(26)10(6-12(24)25)20-16(27)11(7-23)21-17(28)13(19)8(2)3/h8-11,13-14,23H,5-7,19H2,1-4H3,(H,20,27)(H,21,28)(H,22,26)(H,24,25)(H,29,30). The van der Waals surface area contributed by atoms with Crippen LogP contribution in [0.1, 0.15) is 40.5 Å². The quantitative estimate of drug-likeness (QED) is 0.172. The van der Waals surface area contributed by atoms with Gasteiger partial charge in [-0.25, -0.2) is 4.79 Å². The van der Waals surface area contributed by atoms with Gasteiger partial charge in [-0.3, -0.25) is 19.2 Å². The summed E-state index contributed by atoms with van der Waals surface area (Å²) < 4.78 is 0. The predicted octanol–water partition coefficient (Wildman–Crippen LogP) is -1.98. The summed E-state index contributed by atoms with van der Waals surface area (Å²) in [5.41, 5.74) is 5.68. The third-order valence-corrected chi connectivity index (χ3v) is 4.63. The van der Waals surface area contributed by atoms with Crippen LogP contribution in [0.5, 0.6) is 0 Å². The molecule has 0 aromatic heterocycles. The van der Waals surface area contributed by atoms with E-state index in [1.54, 1.807) is 27.7 Å². The van der Waals surface area contributed by atoms with E-state index in [9.17, 15) is 34.2 Å². The van der Waals surface area contributed by atoms with Crippen LogP contribution < -0.4 is 21.7 Å². The van der Waals surface area contributed by atoms with E-state index in [-0.39, 0.29) is 5.92 Å². The molecule has 8 N–H and O–H groups in total. The molecule has 0 rings (SSSR count). The smallest absolute Gasteiger partial charge is 0.326 e. The molecule has 0 radical (unpaired) electrons. The van der Waals surface area contributed by atoms with Crippen LogP contribution in [-0.4, -0.2) is 75.8 Å². The summed E-state index contributed by atoms with van der Waals surface area (Å²) in [6.07, 6.45) is -0.399. The molecule has 0 aromatic carbocycles. The molecule has 0 saturated heterocycles. The van der Waals surface area contributed by atoms with Gasteiger partial charge in [0.05, 0.1) is 19.1 Å². The van der Waals surface area contributed by atoms with Crippen molar-refractivity contribution in [2.75, 3.05) is 6.61 Å². The van der Waals surface area contributed by atoms with Crippen LogP contribution in [0, 0.1) is 11.8 Å². The van der Waals surface area contributed by atoms with Gasteiger partial charge in [0.1, 0.15) is 18.1 Å². The maximum absolute atomic E-state index is 12.5. The number of aliphatic carboxylic acids is 2. The topological polar surface area (TPSA) is 208 Å². The second-order valence-corrected chi connectivity index (χ2v) is 7.38. The van der Waals surface area contributed by atoms with Crippen molar-refractivity contribution in [3.05, 3.63) is 0 Å². The average Bonchev–Trinajstić information content (AvgIpc) is 2.66. The number of aliphatic hydroxyl groups is 1. The van der Waals surface area contributed by atoms with E-state index in [1.165, 1.54) is 0 Å². The second kappa shape index (κ2) is 12.8. The molecule has 172 valence electrons. The van der Waals surface area contributed by atoms with E-state index >= 15 is 0 Å². The Kier molecular flexibility index (Phi) is 11.6. The maximum Gasteiger partial charge on any atom is 0.326 e. The van der Waals surface area contributed by atoms with Gasteiger partial charge in [0, 0.05) is 0 Å². The Morgan fingerprint density at radius 3 is 1.77 bits per heavy atom. The highest BCUT2D eigenvalue weighted by Gasteiger charge is 2.33. The Hall–Kier alpha value is -2.73. The van der Waals surface area contributed by atoms with Crippen LogP contribution in [0.4, 0.5) is 0 Å². The van der Waals surface area contributed by atoms with Crippen LogP contribution in [0.3, 0.4) is 0 Å². The molecule has 0 aromatic rings. The fourth-order valence-corrected chi connectivity index (χ4v) is 2.36. The van der Waals surface area contributed by atoms with Gasteiger partial charge in [-0.1, -0.05) is 34.1 Å². The van der Waals surface area contributed by atoms with Gasteiger partial charge >= 0.3 is 11.9 Å². The number of carboxylic acid groups (broad SMARTS) is 2. The minimum absolute atomic E-state index is 0.244. The minimum atomic E-state index is -1.62. The summed E-state index contributed by atoms with van der Waals surface area (Å²) in [4.78, 5) is 59.4. The van der Waals surface area contributed by atoms with Crippen molar-refractivity contribution in [1.29, 1.82) is 0 Å². The summed E-state index contributed by atoms with van der Waals surface area (Å²) >= 11 is 0. The lowest BCUT2D eigenvalue weighted by atomic mass is 9.98. The maximum atomic E-state index is 12.5. The molecule has 12 nitrogen and oxygen atoms in total. The predicted molar refractivity (Wildman–Crippen MR) is 105 cm³/mol. The van der Waals surface area contributed by atoms with Gasteiger partial charge in [-0.2, -0.15) is 0 Å². The van der Waals surface area contributed by atoms with Crippen molar-refractivity contribution in [2.24, 2.45) is 17.6 Å². The van der Waals surface area contributed by atoms with E-state index in [0.717, 1.165) is 0 Å². The van der Waals surface area contributed by atoms with E-state index < -0.39 is 72.8 Å². The van der Waals surface area contributed by atoms with Gasteiger partial charge in [0.2, 0.25) is 17.7 Å². The number of hydrogen-bond acceptors (Lipinski definition) is 7. The number of amides is 3. The molecule has 12 heteroatoms. The summed E-state index contributed by atoms with van der Waals surface area (Å²) in [7, 11) is 0. The molecule has 5 atom stereocenters. The van der Waals surface area contributed by atoms with Gasteiger partial charge in [0.25, 0.3) is 0 Å². The Morgan fingerprint density at radius 2 is 1.37 bits per heavy atom. The molecular formula is C18H32N4O8. The Bertz CT molecular complexity index is 640. The van der Waals surface area contributed by atoms with E-state index in [2.05, 4.69) is 16.0 Å². The third-order valence-electron chi connectivity index (χ3n) is 4.63. The largest absolute Gasteiger partial charge is 0.481 e. The number of aliphatic hydroxyl groups excluding tert-OH is 1. The molecule has 0 aliphatic carbocycles. The fraction of sp³-hybridized carbons (Fsp3) is 0.722. The van der Waals surface area contributed by atoms with Crippen molar-refractivity contribution in [2.45, 2.75) is 64.7 Å². The Balaban J connectivity index is 5.36. The van der Waals surface area contributed by atoms with Crippen LogP contribution >= 0.6 is 0 Å². The highest BCUT2D eigenvalue weighted by atomic mass is 16.4. The zero-order valence-corrected chi connectivity index (χ0v) is 17.5. The molecule has 0 heterocycles. The molecule has 0 saturated carbocycles. The lowest BCUT2D eigenvalue weighted by Gasteiger charge is -2.25. The van der Waals surface area contributed by atoms with Gasteiger partial charge < -0.3 is 37.0 Å². The first-order chi connectivity index (χ1) is 13.8. The van der Waals surface area contributed by atoms with Crippen molar-refractivity contribution in [1.82, 2.24) is 16.0 Å². The first-order valence-electron chi connectivity index (χ1n) is 9.57. The number of carboxylic acids is 2. The molecule has 30 heavy (non-hydrogen) atoms. The summed E-state index contributed by atoms with van der Waals surface area (Å²) in [5, 5.41) is 34.3. The van der Waals surface area contributed by atoms with E-state index in [0.29, 0.717) is 6.42 Å². The molecule has 3 amide bonds. The number of rotatable bonds is 13. The first-order valence-corrected chi connectivity index (χ1v) is 9.57. The van der Waals surface area contributed by atoms with Crippen LogP contribution in [0.15, 0.2) is 0 Å². The van der Waals surface area contributed by atoms with Crippen LogP contribution in [0.2, 0.25) is 0 Å². The molecule has 0 bridgehead atoms. The van der Waals surface area contributed by atoms with Crippen molar-refractivity contribution < 1.29 is 39.3 Å². The lowest BCUT2D eigenvalue weighted by Crippen LogP contribution is -2.59. The highest BCUT2D eigenvalue weighted by Crippen LogP contribution is 2.09. The van der Waals surface area contributed by atoms with E-state index in [1.807, 2.05) is 0 Å². The molecule has 0 spiro atoms. The van der Waals surface area contributed by atoms with Crippen molar-refractivity contribution >= 4 is 29.7 Å². The minimum Gasteiger partial charge on any atom is -0.481 e. The number of nitrogens with two attached hydrogens (primary N) is 1. The summed E-state index contributed by atoms with van der Waals surface area (Å²) in [6.45, 7) is 5.86. The summed E-state index contributed by atoms with van der Waals surface area (Å²) in [6, 6.07) is -5.33. The van der Waals surface area contributed by atoms with Crippen molar-refractivity contribution in [3.63, 3.8) is 0 Å². The number of hydrogen-bond donors (Lipinski definition) is 7. The average molecular weight is 432 g/mol. The molecule has 5 unspecified atom stereocenters.